The molecule has 0 fully saturated rings. The minimum Gasteiger partial charge on any atom is -0.469 e. The summed E-state index contributed by atoms with van der Waals surface area (Å²) < 4.78 is 10.2. The highest BCUT2D eigenvalue weighted by Crippen LogP contribution is 2.17. The Morgan fingerprint density at radius 2 is 2.00 bits per heavy atom. The molecule has 1 unspecified atom stereocenters. The third-order valence-corrected chi connectivity index (χ3v) is 2.05. The van der Waals surface area contributed by atoms with E-state index in [9.17, 15) is 4.79 Å². The van der Waals surface area contributed by atoms with Gasteiger partial charge in [-0.15, -0.1) is 0 Å². The summed E-state index contributed by atoms with van der Waals surface area (Å²) in [7, 11) is 1.39. The van der Waals surface area contributed by atoms with Gasteiger partial charge in [-0.1, -0.05) is 6.92 Å². The van der Waals surface area contributed by atoms with Crippen LogP contribution in [0.4, 0.5) is 0 Å². The third-order valence-electron chi connectivity index (χ3n) is 2.05. The highest BCUT2D eigenvalue weighted by Gasteiger charge is 2.20. The molecule has 1 atom stereocenters. The number of carbonyl (C=O) groups excluding carboxylic acids is 1. The summed E-state index contributed by atoms with van der Waals surface area (Å²) in [6, 6.07) is 0. The van der Waals surface area contributed by atoms with Gasteiger partial charge in [-0.3, -0.25) is 4.79 Å². The summed E-state index contributed by atoms with van der Waals surface area (Å²) in [6.45, 7) is 7.97. The van der Waals surface area contributed by atoms with Crippen molar-refractivity contribution in [3.05, 3.63) is 0 Å². The van der Waals surface area contributed by atoms with Gasteiger partial charge in [-0.25, -0.2) is 0 Å². The van der Waals surface area contributed by atoms with Gasteiger partial charge in [0.15, 0.2) is 0 Å². The topological polar surface area (TPSA) is 35.5 Å². The molecule has 0 saturated heterocycles. The number of rotatable bonds is 5. The number of hydrogen-bond donors (Lipinski definition) is 0. The lowest BCUT2D eigenvalue weighted by Crippen LogP contribution is -2.29. The van der Waals surface area contributed by atoms with Crippen molar-refractivity contribution in [3.63, 3.8) is 0 Å². The van der Waals surface area contributed by atoms with E-state index in [0.717, 1.165) is 6.42 Å². The van der Waals surface area contributed by atoms with Gasteiger partial charge < -0.3 is 9.47 Å². The second-order valence-corrected chi connectivity index (χ2v) is 3.82. The fourth-order valence-electron chi connectivity index (χ4n) is 0.988. The van der Waals surface area contributed by atoms with Crippen molar-refractivity contribution < 1.29 is 14.3 Å². The minimum absolute atomic E-state index is 0.0811. The monoisotopic (exact) mass is 188 g/mol. The van der Waals surface area contributed by atoms with Crippen LogP contribution in [0.2, 0.25) is 0 Å². The Hall–Kier alpha value is -0.570. The van der Waals surface area contributed by atoms with Crippen molar-refractivity contribution in [2.75, 3.05) is 7.11 Å². The standard InChI is InChI=1S/C10H20O3/c1-6-10(3,4)13-8(2)7-9(11)12-5/h8H,6-7H2,1-5H3. The van der Waals surface area contributed by atoms with Crippen LogP contribution in [0.3, 0.4) is 0 Å². The Balaban J connectivity index is 3.86. The van der Waals surface area contributed by atoms with E-state index in [2.05, 4.69) is 11.7 Å². The molecule has 78 valence electrons. The second-order valence-electron chi connectivity index (χ2n) is 3.82. The first-order valence-corrected chi connectivity index (χ1v) is 4.66. The smallest absolute Gasteiger partial charge is 0.308 e. The number of methoxy groups -OCH3 is 1. The summed E-state index contributed by atoms with van der Waals surface area (Å²) >= 11 is 0. The first-order valence-electron chi connectivity index (χ1n) is 4.66. The zero-order chi connectivity index (χ0) is 10.5. The minimum atomic E-state index is -0.223. The molecular weight excluding hydrogens is 168 g/mol. The molecule has 0 heterocycles. The molecular formula is C10H20O3. The van der Waals surface area contributed by atoms with Crippen LogP contribution < -0.4 is 0 Å². The Morgan fingerprint density at radius 1 is 1.46 bits per heavy atom. The van der Waals surface area contributed by atoms with Crippen molar-refractivity contribution in [3.8, 4) is 0 Å². The van der Waals surface area contributed by atoms with Crippen LogP contribution in [0, 0.1) is 0 Å². The summed E-state index contributed by atoms with van der Waals surface area (Å²) in [5.41, 5.74) is -0.159. The maximum absolute atomic E-state index is 10.9. The van der Waals surface area contributed by atoms with Gasteiger partial charge in [0, 0.05) is 0 Å². The zero-order valence-electron chi connectivity index (χ0n) is 9.22. The molecule has 0 radical (unpaired) electrons. The summed E-state index contributed by atoms with van der Waals surface area (Å²) in [5.74, 6) is -0.223. The van der Waals surface area contributed by atoms with Crippen molar-refractivity contribution >= 4 is 5.97 Å². The van der Waals surface area contributed by atoms with E-state index in [1.165, 1.54) is 7.11 Å². The van der Waals surface area contributed by atoms with Gasteiger partial charge in [-0.05, 0) is 27.2 Å². The molecule has 0 N–H and O–H groups in total. The maximum Gasteiger partial charge on any atom is 0.308 e. The lowest BCUT2D eigenvalue weighted by atomic mass is 10.1. The van der Waals surface area contributed by atoms with Crippen molar-refractivity contribution in [2.24, 2.45) is 0 Å². The number of esters is 1. The van der Waals surface area contributed by atoms with Crippen LogP contribution in [-0.2, 0) is 14.3 Å². The van der Waals surface area contributed by atoms with Crippen LogP contribution >= 0.6 is 0 Å². The summed E-state index contributed by atoms with van der Waals surface area (Å²) in [4.78, 5) is 10.9. The zero-order valence-corrected chi connectivity index (χ0v) is 9.22. The quantitative estimate of drug-likeness (QED) is 0.620. The Kier molecular flexibility index (Phi) is 4.99. The molecule has 0 aliphatic carbocycles. The Morgan fingerprint density at radius 3 is 2.38 bits per heavy atom. The molecule has 0 aromatic carbocycles. The molecule has 0 rings (SSSR count). The molecule has 0 aliphatic rings. The van der Waals surface area contributed by atoms with Gasteiger partial charge >= 0.3 is 5.97 Å². The third kappa shape index (κ3) is 5.64. The van der Waals surface area contributed by atoms with Crippen LogP contribution in [0.25, 0.3) is 0 Å². The highest BCUT2D eigenvalue weighted by atomic mass is 16.5. The predicted molar refractivity (Wildman–Crippen MR) is 51.6 cm³/mol. The van der Waals surface area contributed by atoms with E-state index >= 15 is 0 Å². The van der Waals surface area contributed by atoms with Crippen LogP contribution in [0.1, 0.15) is 40.5 Å². The number of hydrogen-bond acceptors (Lipinski definition) is 3. The average molecular weight is 188 g/mol. The normalized spacial score (nSPS) is 13.9. The van der Waals surface area contributed by atoms with Gasteiger partial charge in [0.2, 0.25) is 0 Å². The van der Waals surface area contributed by atoms with Gasteiger partial charge in [0.1, 0.15) is 0 Å². The van der Waals surface area contributed by atoms with Gasteiger partial charge in [-0.2, -0.15) is 0 Å². The molecule has 3 heteroatoms. The molecule has 0 saturated carbocycles. The fourth-order valence-corrected chi connectivity index (χ4v) is 0.988. The summed E-state index contributed by atoms with van der Waals surface area (Å²) in [6.07, 6.45) is 1.17. The lowest BCUT2D eigenvalue weighted by Gasteiger charge is -2.27. The van der Waals surface area contributed by atoms with Crippen LogP contribution in [0.15, 0.2) is 0 Å². The van der Waals surface area contributed by atoms with Gasteiger partial charge in [0.25, 0.3) is 0 Å². The number of ether oxygens (including phenoxy) is 2. The molecule has 0 aliphatic heterocycles. The molecule has 3 nitrogen and oxygen atoms in total. The van der Waals surface area contributed by atoms with E-state index in [0.29, 0.717) is 6.42 Å². The van der Waals surface area contributed by atoms with E-state index in [1.807, 2.05) is 20.8 Å². The van der Waals surface area contributed by atoms with Crippen molar-refractivity contribution in [2.45, 2.75) is 52.2 Å². The first kappa shape index (κ1) is 12.4. The molecule has 0 aromatic rings. The molecule has 0 aromatic heterocycles. The van der Waals surface area contributed by atoms with Gasteiger partial charge in [0.05, 0.1) is 25.2 Å². The van der Waals surface area contributed by atoms with Crippen LogP contribution in [0.5, 0.6) is 0 Å². The predicted octanol–water partition coefficient (Wildman–Crippen LogP) is 2.14. The summed E-state index contributed by atoms with van der Waals surface area (Å²) in [5, 5.41) is 0. The van der Waals surface area contributed by atoms with E-state index in [-0.39, 0.29) is 17.7 Å². The Bertz CT molecular complexity index is 164. The maximum atomic E-state index is 10.9. The average Bonchev–Trinajstić information content (AvgIpc) is 2.03. The molecule has 0 bridgehead atoms. The fraction of sp³-hybridized carbons (Fsp3) is 0.900. The second kappa shape index (κ2) is 5.22. The first-order chi connectivity index (χ1) is 5.91. The van der Waals surface area contributed by atoms with E-state index < -0.39 is 0 Å². The molecule has 0 spiro atoms. The largest absolute Gasteiger partial charge is 0.469 e. The van der Waals surface area contributed by atoms with E-state index in [1.54, 1.807) is 0 Å². The molecule has 0 amide bonds. The SMILES string of the molecule is CCC(C)(C)OC(C)CC(=O)OC. The lowest BCUT2D eigenvalue weighted by molar-refractivity contribution is -0.146. The van der Waals surface area contributed by atoms with Crippen molar-refractivity contribution in [1.29, 1.82) is 0 Å². The number of carbonyl (C=O) groups is 1. The Labute approximate surface area is 80.4 Å². The molecule has 13 heavy (non-hydrogen) atoms. The van der Waals surface area contributed by atoms with Crippen LogP contribution in [-0.4, -0.2) is 24.8 Å². The van der Waals surface area contributed by atoms with Crippen molar-refractivity contribution in [1.82, 2.24) is 0 Å². The van der Waals surface area contributed by atoms with E-state index in [4.69, 9.17) is 4.74 Å². The highest BCUT2D eigenvalue weighted by molar-refractivity contribution is 5.69.